The summed E-state index contributed by atoms with van der Waals surface area (Å²) in [5.41, 5.74) is 1.19. The van der Waals surface area contributed by atoms with Crippen LogP contribution in [0.4, 0.5) is 5.82 Å². The molecule has 0 spiro atoms. The fourth-order valence-corrected chi connectivity index (χ4v) is 2.93. The second-order valence-corrected chi connectivity index (χ2v) is 7.18. The molecule has 0 bridgehead atoms. The molecule has 2 rings (SSSR count). The predicted molar refractivity (Wildman–Crippen MR) is 99.6 cm³/mol. The molecule has 0 unspecified atom stereocenters. The number of rotatable bonds is 7. The molecule has 7 nitrogen and oxygen atoms in total. The molecule has 1 N–H and O–H groups in total. The minimum atomic E-state index is -0.905. The maximum absolute atomic E-state index is 12.3. The van der Waals surface area contributed by atoms with Crippen molar-refractivity contribution in [3.63, 3.8) is 0 Å². The Morgan fingerprint density at radius 1 is 1.16 bits per heavy atom. The van der Waals surface area contributed by atoms with Crippen molar-refractivity contribution in [3.05, 3.63) is 23.9 Å². The van der Waals surface area contributed by atoms with E-state index in [0.717, 1.165) is 25.5 Å². The summed E-state index contributed by atoms with van der Waals surface area (Å²) >= 11 is 0. The van der Waals surface area contributed by atoms with Gasteiger partial charge in [-0.05, 0) is 46.2 Å². The molecule has 0 radical (unpaired) electrons. The SMILES string of the molecule is CN(C)CC[C@H](O)C(=O)N1CCN(c2ccc(CN(C)C)cn2)CC1. The molecule has 1 aliphatic rings. The Morgan fingerprint density at radius 3 is 2.36 bits per heavy atom. The van der Waals surface area contributed by atoms with Crippen LogP contribution in [0, 0.1) is 0 Å². The Morgan fingerprint density at radius 2 is 1.84 bits per heavy atom. The third-order valence-corrected chi connectivity index (χ3v) is 4.36. The molecular weight excluding hydrogens is 318 g/mol. The van der Waals surface area contributed by atoms with E-state index in [4.69, 9.17) is 0 Å². The smallest absolute Gasteiger partial charge is 0.251 e. The zero-order valence-corrected chi connectivity index (χ0v) is 15.9. The number of nitrogens with zero attached hydrogens (tertiary/aromatic N) is 5. The van der Waals surface area contributed by atoms with Crippen molar-refractivity contribution < 1.29 is 9.90 Å². The first kappa shape index (κ1) is 19.6. The lowest BCUT2D eigenvalue weighted by atomic mass is 10.2. The van der Waals surface area contributed by atoms with Gasteiger partial charge in [0.15, 0.2) is 0 Å². The van der Waals surface area contributed by atoms with Crippen LogP contribution in [-0.4, -0.2) is 97.7 Å². The molecular formula is C18H31N5O2. The first-order chi connectivity index (χ1) is 11.9. The average molecular weight is 349 g/mol. The van der Waals surface area contributed by atoms with E-state index in [1.54, 1.807) is 4.90 Å². The number of piperazine rings is 1. The first-order valence-corrected chi connectivity index (χ1v) is 8.83. The number of anilines is 1. The molecule has 2 heterocycles. The molecule has 7 heteroatoms. The van der Waals surface area contributed by atoms with Gasteiger partial charge in [-0.25, -0.2) is 4.98 Å². The molecule has 1 fully saturated rings. The van der Waals surface area contributed by atoms with Crippen LogP contribution in [0.2, 0.25) is 0 Å². The standard InChI is InChI=1S/C18H31N5O2/c1-20(2)8-7-16(24)18(25)23-11-9-22(10-12-23)17-6-5-15(13-19-17)14-21(3)4/h5-6,13,16,24H,7-12,14H2,1-4H3/t16-/m0/s1. The zero-order valence-electron chi connectivity index (χ0n) is 15.9. The lowest BCUT2D eigenvalue weighted by Gasteiger charge is -2.36. The Hall–Kier alpha value is -1.70. The van der Waals surface area contributed by atoms with E-state index in [2.05, 4.69) is 20.9 Å². The van der Waals surface area contributed by atoms with Crippen LogP contribution >= 0.6 is 0 Å². The van der Waals surface area contributed by atoms with Gasteiger partial charge in [-0.15, -0.1) is 0 Å². The maximum atomic E-state index is 12.3. The lowest BCUT2D eigenvalue weighted by molar-refractivity contribution is -0.140. The molecule has 1 aliphatic heterocycles. The third-order valence-electron chi connectivity index (χ3n) is 4.36. The number of amides is 1. The van der Waals surface area contributed by atoms with Crippen molar-refractivity contribution >= 4 is 11.7 Å². The molecule has 1 atom stereocenters. The Balaban J connectivity index is 1.83. The van der Waals surface area contributed by atoms with E-state index < -0.39 is 6.10 Å². The number of pyridine rings is 1. The third kappa shape index (κ3) is 5.95. The Bertz CT molecular complexity index is 539. The summed E-state index contributed by atoms with van der Waals surface area (Å²) < 4.78 is 0. The van der Waals surface area contributed by atoms with Gasteiger partial charge in [0, 0.05) is 45.5 Å². The summed E-state index contributed by atoms with van der Waals surface area (Å²) in [5, 5.41) is 10.1. The van der Waals surface area contributed by atoms with Gasteiger partial charge in [-0.3, -0.25) is 4.79 Å². The Labute approximate surface area is 150 Å². The normalized spacial score (nSPS) is 16.6. The van der Waals surface area contributed by atoms with Crippen LogP contribution in [0.15, 0.2) is 18.3 Å². The number of aliphatic hydroxyl groups excluding tert-OH is 1. The number of hydrogen-bond donors (Lipinski definition) is 1. The maximum Gasteiger partial charge on any atom is 0.251 e. The van der Waals surface area contributed by atoms with Crippen molar-refractivity contribution in [2.24, 2.45) is 0 Å². The number of carbonyl (C=O) groups is 1. The van der Waals surface area contributed by atoms with Crippen LogP contribution in [0.3, 0.4) is 0 Å². The van der Waals surface area contributed by atoms with Crippen molar-refractivity contribution in [2.75, 3.05) is 65.8 Å². The van der Waals surface area contributed by atoms with E-state index in [1.165, 1.54) is 5.56 Å². The summed E-state index contributed by atoms with van der Waals surface area (Å²) in [6.07, 6.45) is 1.48. The summed E-state index contributed by atoms with van der Waals surface area (Å²) in [6.45, 7) is 4.31. The topological polar surface area (TPSA) is 63.2 Å². The molecule has 0 aromatic carbocycles. The van der Waals surface area contributed by atoms with E-state index in [0.29, 0.717) is 26.1 Å². The lowest BCUT2D eigenvalue weighted by Crippen LogP contribution is -2.52. The van der Waals surface area contributed by atoms with Crippen LogP contribution < -0.4 is 4.90 Å². The highest BCUT2D eigenvalue weighted by atomic mass is 16.3. The minimum absolute atomic E-state index is 0.157. The van der Waals surface area contributed by atoms with Crippen molar-refractivity contribution in [3.8, 4) is 0 Å². The van der Waals surface area contributed by atoms with E-state index in [-0.39, 0.29) is 5.91 Å². The molecule has 0 saturated carbocycles. The van der Waals surface area contributed by atoms with Gasteiger partial charge in [0.2, 0.25) is 0 Å². The highest BCUT2D eigenvalue weighted by molar-refractivity contribution is 5.80. The van der Waals surface area contributed by atoms with E-state index >= 15 is 0 Å². The van der Waals surface area contributed by atoms with Crippen LogP contribution in [0.5, 0.6) is 0 Å². The highest BCUT2D eigenvalue weighted by Gasteiger charge is 2.26. The zero-order chi connectivity index (χ0) is 18.4. The monoisotopic (exact) mass is 349 g/mol. The molecule has 25 heavy (non-hydrogen) atoms. The molecule has 1 aromatic rings. The number of hydrogen-bond acceptors (Lipinski definition) is 6. The van der Waals surface area contributed by atoms with Gasteiger partial charge < -0.3 is 24.7 Å². The van der Waals surface area contributed by atoms with Gasteiger partial charge in [0.05, 0.1) is 0 Å². The molecule has 1 amide bonds. The van der Waals surface area contributed by atoms with Crippen molar-refractivity contribution in [1.29, 1.82) is 0 Å². The molecule has 1 aromatic heterocycles. The molecule has 140 valence electrons. The fraction of sp³-hybridized carbons (Fsp3) is 0.667. The largest absolute Gasteiger partial charge is 0.383 e. The van der Waals surface area contributed by atoms with E-state index in [1.807, 2.05) is 45.4 Å². The van der Waals surface area contributed by atoms with Gasteiger partial charge in [-0.1, -0.05) is 6.07 Å². The van der Waals surface area contributed by atoms with Crippen LogP contribution in [-0.2, 0) is 11.3 Å². The van der Waals surface area contributed by atoms with Crippen LogP contribution in [0.25, 0.3) is 0 Å². The summed E-state index contributed by atoms with van der Waals surface area (Å²) in [4.78, 5) is 24.9. The van der Waals surface area contributed by atoms with Crippen LogP contribution in [0.1, 0.15) is 12.0 Å². The quantitative estimate of drug-likeness (QED) is 0.754. The van der Waals surface area contributed by atoms with Gasteiger partial charge in [-0.2, -0.15) is 0 Å². The first-order valence-electron chi connectivity index (χ1n) is 8.83. The summed E-state index contributed by atoms with van der Waals surface area (Å²) in [5.74, 6) is 0.790. The van der Waals surface area contributed by atoms with Gasteiger partial charge >= 0.3 is 0 Å². The van der Waals surface area contributed by atoms with Crippen molar-refractivity contribution in [2.45, 2.75) is 19.1 Å². The second kappa shape index (κ2) is 9.12. The molecule has 1 saturated heterocycles. The van der Waals surface area contributed by atoms with Gasteiger partial charge in [0.25, 0.3) is 5.91 Å². The Kier molecular flexibility index (Phi) is 7.16. The minimum Gasteiger partial charge on any atom is -0.383 e. The second-order valence-electron chi connectivity index (χ2n) is 7.18. The highest BCUT2D eigenvalue weighted by Crippen LogP contribution is 2.15. The summed E-state index contributed by atoms with van der Waals surface area (Å²) in [6, 6.07) is 4.15. The van der Waals surface area contributed by atoms with E-state index in [9.17, 15) is 9.90 Å². The average Bonchev–Trinajstić information content (AvgIpc) is 2.59. The number of aliphatic hydroxyl groups is 1. The molecule has 0 aliphatic carbocycles. The van der Waals surface area contributed by atoms with Crippen molar-refractivity contribution in [1.82, 2.24) is 19.7 Å². The van der Waals surface area contributed by atoms with Gasteiger partial charge in [0.1, 0.15) is 11.9 Å². The summed E-state index contributed by atoms with van der Waals surface area (Å²) in [7, 11) is 7.95. The number of aromatic nitrogens is 1. The predicted octanol–water partition coefficient (Wildman–Crippen LogP) is 0.104. The number of carbonyl (C=O) groups excluding carboxylic acids is 1. The fourth-order valence-electron chi connectivity index (χ4n) is 2.93.